The van der Waals surface area contributed by atoms with Crippen LogP contribution in [-0.4, -0.2) is 29.0 Å². The van der Waals surface area contributed by atoms with Crippen LogP contribution in [0.3, 0.4) is 0 Å². The zero-order valence-electron chi connectivity index (χ0n) is 11.2. The molecule has 0 saturated carbocycles. The summed E-state index contributed by atoms with van der Waals surface area (Å²) < 4.78 is 7.21. The molecule has 5 nitrogen and oxygen atoms in total. The third-order valence-electron chi connectivity index (χ3n) is 3.90. The summed E-state index contributed by atoms with van der Waals surface area (Å²) in [7, 11) is 0. The maximum absolute atomic E-state index is 11.9. The first-order valence-corrected chi connectivity index (χ1v) is 7.29. The number of aromatic nitrogens is 2. The number of nitrogens with one attached hydrogen (secondary N) is 1. The molecule has 2 aliphatic rings. The van der Waals surface area contributed by atoms with E-state index in [1.54, 1.807) is 10.7 Å². The van der Waals surface area contributed by atoms with Gasteiger partial charge in [0, 0.05) is 25.8 Å². The summed E-state index contributed by atoms with van der Waals surface area (Å²) in [6, 6.07) is 1.69. The summed E-state index contributed by atoms with van der Waals surface area (Å²) in [6.07, 6.45) is 6.79. The Morgan fingerprint density at radius 2 is 2.42 bits per heavy atom. The van der Waals surface area contributed by atoms with Crippen molar-refractivity contribution in [3.05, 3.63) is 22.1 Å². The molecule has 1 saturated heterocycles. The first kappa shape index (κ1) is 12.7. The molecule has 3 rings (SSSR count). The number of anilines is 1. The number of ether oxygens (including phenoxy) is 1. The molecule has 0 radical (unpaired) electrons. The van der Waals surface area contributed by atoms with Gasteiger partial charge in [0.05, 0.1) is 17.5 Å². The second-order valence-corrected chi connectivity index (χ2v) is 5.37. The van der Waals surface area contributed by atoms with E-state index >= 15 is 0 Å². The smallest absolute Gasteiger partial charge is 0.268 e. The average Bonchev–Trinajstić information content (AvgIpc) is 2.92. The number of fused-ring (bicyclic) bond motifs is 1. The van der Waals surface area contributed by atoms with E-state index in [4.69, 9.17) is 4.74 Å². The highest BCUT2D eigenvalue weighted by Crippen LogP contribution is 2.18. The van der Waals surface area contributed by atoms with Crippen molar-refractivity contribution in [3.8, 4) is 0 Å². The number of aryl methyl sites for hydroxylation is 2. The molecule has 1 aromatic heterocycles. The van der Waals surface area contributed by atoms with Crippen LogP contribution in [0.5, 0.6) is 0 Å². The summed E-state index contributed by atoms with van der Waals surface area (Å²) >= 11 is 0. The molecule has 104 valence electrons. The average molecular weight is 263 g/mol. The van der Waals surface area contributed by atoms with Gasteiger partial charge in [0.15, 0.2) is 0 Å². The molecule has 2 aliphatic heterocycles. The summed E-state index contributed by atoms with van der Waals surface area (Å²) in [5.74, 6) is 0. The Bertz CT molecular complexity index is 492. The zero-order chi connectivity index (χ0) is 13.1. The Kier molecular flexibility index (Phi) is 3.82. The molecule has 1 atom stereocenters. The second-order valence-electron chi connectivity index (χ2n) is 5.37. The number of nitrogens with zero attached hydrogens (tertiary/aromatic N) is 2. The lowest BCUT2D eigenvalue weighted by Gasteiger charge is -2.18. The lowest BCUT2D eigenvalue weighted by atomic mass is 10.1. The van der Waals surface area contributed by atoms with Crippen LogP contribution in [0, 0.1) is 0 Å². The quantitative estimate of drug-likeness (QED) is 0.895. The number of rotatable bonds is 4. The lowest BCUT2D eigenvalue weighted by molar-refractivity contribution is 0.101. The number of hydrogen-bond donors (Lipinski definition) is 1. The van der Waals surface area contributed by atoms with Gasteiger partial charge in [-0.3, -0.25) is 4.79 Å². The third kappa shape index (κ3) is 2.97. The minimum absolute atomic E-state index is 0.000454. The fraction of sp³-hybridized carbons (Fsp3) is 0.714. The van der Waals surface area contributed by atoms with E-state index < -0.39 is 0 Å². The predicted molar refractivity (Wildman–Crippen MR) is 73.5 cm³/mol. The largest absolute Gasteiger partial charge is 0.383 e. The molecule has 1 fully saturated rings. The van der Waals surface area contributed by atoms with Crippen LogP contribution in [0.15, 0.2) is 10.9 Å². The van der Waals surface area contributed by atoms with Crippen LogP contribution >= 0.6 is 0 Å². The summed E-state index contributed by atoms with van der Waals surface area (Å²) in [6.45, 7) is 2.54. The summed E-state index contributed by atoms with van der Waals surface area (Å²) in [5, 5.41) is 7.71. The molecule has 0 aliphatic carbocycles. The van der Waals surface area contributed by atoms with Gasteiger partial charge in [-0.05, 0) is 38.5 Å². The van der Waals surface area contributed by atoms with Gasteiger partial charge in [-0.15, -0.1) is 0 Å². The van der Waals surface area contributed by atoms with Crippen molar-refractivity contribution in [1.82, 2.24) is 9.78 Å². The van der Waals surface area contributed by atoms with Crippen molar-refractivity contribution in [2.45, 2.75) is 51.2 Å². The monoisotopic (exact) mass is 263 g/mol. The number of hydrogen-bond acceptors (Lipinski definition) is 4. The van der Waals surface area contributed by atoms with Crippen molar-refractivity contribution in [1.29, 1.82) is 0 Å². The van der Waals surface area contributed by atoms with Gasteiger partial charge in [-0.25, -0.2) is 4.68 Å². The molecule has 1 unspecified atom stereocenters. The maximum atomic E-state index is 11.9. The SMILES string of the molecule is O=c1cc2c(nn1CCCC1CCCO1)CCCN2. The van der Waals surface area contributed by atoms with Gasteiger partial charge in [-0.1, -0.05) is 0 Å². The summed E-state index contributed by atoms with van der Waals surface area (Å²) in [4.78, 5) is 11.9. The Morgan fingerprint density at radius 1 is 1.47 bits per heavy atom. The minimum Gasteiger partial charge on any atom is -0.383 e. The van der Waals surface area contributed by atoms with E-state index in [1.807, 2.05) is 0 Å². The zero-order valence-corrected chi connectivity index (χ0v) is 11.2. The molecular weight excluding hydrogens is 242 g/mol. The van der Waals surface area contributed by atoms with Crippen molar-refractivity contribution in [2.75, 3.05) is 18.5 Å². The topological polar surface area (TPSA) is 56.2 Å². The van der Waals surface area contributed by atoms with Crippen LogP contribution in [0.1, 0.15) is 37.8 Å². The normalized spacial score (nSPS) is 22.0. The fourth-order valence-electron chi connectivity index (χ4n) is 2.85. The van der Waals surface area contributed by atoms with E-state index in [2.05, 4.69) is 10.4 Å². The van der Waals surface area contributed by atoms with Crippen molar-refractivity contribution in [3.63, 3.8) is 0 Å². The second kappa shape index (κ2) is 5.74. The molecule has 3 heterocycles. The highest BCUT2D eigenvalue weighted by molar-refractivity contribution is 5.48. The predicted octanol–water partition coefficient (Wildman–Crippen LogP) is 1.56. The van der Waals surface area contributed by atoms with Crippen LogP contribution in [0.25, 0.3) is 0 Å². The molecule has 19 heavy (non-hydrogen) atoms. The summed E-state index contributed by atoms with van der Waals surface area (Å²) in [5.41, 5.74) is 1.95. The Hall–Kier alpha value is -1.36. The fourth-order valence-corrected chi connectivity index (χ4v) is 2.85. The first-order chi connectivity index (χ1) is 9.33. The molecule has 0 aromatic carbocycles. The highest BCUT2D eigenvalue weighted by Gasteiger charge is 2.16. The molecule has 0 bridgehead atoms. The maximum Gasteiger partial charge on any atom is 0.268 e. The molecule has 1 aromatic rings. The van der Waals surface area contributed by atoms with Crippen LogP contribution < -0.4 is 10.9 Å². The minimum atomic E-state index is 0.000454. The lowest BCUT2D eigenvalue weighted by Crippen LogP contribution is -2.27. The third-order valence-corrected chi connectivity index (χ3v) is 3.90. The standard InChI is InChI=1S/C14H21N3O2/c18-14-10-13-12(6-1-7-15-13)16-17(14)8-2-4-11-5-3-9-19-11/h10-11,15H,1-9H2. The van der Waals surface area contributed by atoms with E-state index in [0.29, 0.717) is 12.6 Å². The van der Waals surface area contributed by atoms with Crippen molar-refractivity contribution in [2.24, 2.45) is 0 Å². The van der Waals surface area contributed by atoms with Crippen LogP contribution in [0.2, 0.25) is 0 Å². The van der Waals surface area contributed by atoms with Crippen LogP contribution in [-0.2, 0) is 17.7 Å². The Labute approximate surface area is 113 Å². The van der Waals surface area contributed by atoms with Crippen molar-refractivity contribution >= 4 is 5.69 Å². The van der Waals surface area contributed by atoms with Crippen molar-refractivity contribution < 1.29 is 4.74 Å². The van der Waals surface area contributed by atoms with Gasteiger partial charge in [0.2, 0.25) is 0 Å². The molecular formula is C14H21N3O2. The van der Waals surface area contributed by atoms with Gasteiger partial charge in [-0.2, -0.15) is 5.10 Å². The van der Waals surface area contributed by atoms with Gasteiger partial charge in [0.1, 0.15) is 0 Å². The van der Waals surface area contributed by atoms with E-state index in [0.717, 1.165) is 56.6 Å². The van der Waals surface area contributed by atoms with Gasteiger partial charge < -0.3 is 10.1 Å². The van der Waals surface area contributed by atoms with Gasteiger partial charge in [0.25, 0.3) is 5.56 Å². The highest BCUT2D eigenvalue weighted by atomic mass is 16.5. The Balaban J connectivity index is 1.62. The van der Waals surface area contributed by atoms with E-state index in [-0.39, 0.29) is 5.56 Å². The molecule has 0 spiro atoms. The van der Waals surface area contributed by atoms with Crippen LogP contribution in [0.4, 0.5) is 5.69 Å². The van der Waals surface area contributed by atoms with E-state index in [9.17, 15) is 4.79 Å². The first-order valence-electron chi connectivity index (χ1n) is 7.29. The van der Waals surface area contributed by atoms with E-state index in [1.165, 1.54) is 6.42 Å². The molecule has 1 N–H and O–H groups in total. The molecule has 5 heteroatoms. The Morgan fingerprint density at radius 3 is 3.26 bits per heavy atom. The van der Waals surface area contributed by atoms with Gasteiger partial charge >= 0.3 is 0 Å². The molecule has 0 amide bonds.